The number of hydrogen-bond donors (Lipinski definition) is 3. The summed E-state index contributed by atoms with van der Waals surface area (Å²) in [6.07, 6.45) is 6.74. The molecule has 5 heteroatoms. The zero-order valence-corrected chi connectivity index (χ0v) is 14.1. The predicted molar refractivity (Wildman–Crippen MR) is 96.1 cm³/mol. The molecule has 5 nitrogen and oxygen atoms in total. The topological polar surface area (TPSA) is 60.2 Å². The highest BCUT2D eigenvalue weighted by Crippen LogP contribution is 2.30. The third kappa shape index (κ3) is 3.73. The molecule has 24 heavy (non-hydrogen) atoms. The molecule has 0 radical (unpaired) electrons. The fourth-order valence-corrected chi connectivity index (χ4v) is 3.67. The Morgan fingerprint density at radius 2 is 2.12 bits per heavy atom. The van der Waals surface area contributed by atoms with Gasteiger partial charge in [-0.3, -0.25) is 0 Å². The van der Waals surface area contributed by atoms with Crippen molar-refractivity contribution in [1.29, 1.82) is 0 Å². The standard InChI is InChI=1S/C19H26N4O/c24-19(22-16-8-10-23(13-16)12-14-5-6-14)20-9-7-15-11-21-18-4-2-1-3-17(15)18/h1-4,11,14,16,21H,5-10,12-13H2,(H2,20,22,24)/t16-/m0/s1. The number of amides is 2. The number of nitrogens with zero attached hydrogens (tertiary/aromatic N) is 1. The Morgan fingerprint density at radius 1 is 1.25 bits per heavy atom. The van der Waals surface area contributed by atoms with E-state index in [1.807, 2.05) is 18.3 Å². The summed E-state index contributed by atoms with van der Waals surface area (Å²) >= 11 is 0. The minimum Gasteiger partial charge on any atom is -0.361 e. The molecular weight excluding hydrogens is 300 g/mol. The Balaban J connectivity index is 1.19. The molecule has 2 aromatic rings. The van der Waals surface area contributed by atoms with Crippen molar-refractivity contribution >= 4 is 16.9 Å². The number of aromatic amines is 1. The summed E-state index contributed by atoms with van der Waals surface area (Å²) in [5.41, 5.74) is 2.40. The molecule has 0 bridgehead atoms. The lowest BCUT2D eigenvalue weighted by atomic mass is 10.1. The third-order valence-corrected chi connectivity index (χ3v) is 5.18. The van der Waals surface area contributed by atoms with Crippen LogP contribution in [0.15, 0.2) is 30.5 Å². The molecule has 128 valence electrons. The molecule has 1 aliphatic carbocycles. The summed E-state index contributed by atoms with van der Waals surface area (Å²) in [5, 5.41) is 7.36. The van der Waals surface area contributed by atoms with Crippen LogP contribution in [0, 0.1) is 5.92 Å². The van der Waals surface area contributed by atoms with Crippen molar-refractivity contribution in [3.63, 3.8) is 0 Å². The van der Waals surface area contributed by atoms with E-state index < -0.39 is 0 Å². The molecule has 1 aromatic carbocycles. The Bertz CT molecular complexity index is 706. The summed E-state index contributed by atoms with van der Waals surface area (Å²) in [7, 11) is 0. The smallest absolute Gasteiger partial charge is 0.315 e. The monoisotopic (exact) mass is 326 g/mol. The summed E-state index contributed by atoms with van der Waals surface area (Å²) in [4.78, 5) is 17.9. The summed E-state index contributed by atoms with van der Waals surface area (Å²) < 4.78 is 0. The number of carbonyl (C=O) groups excluding carboxylic acids is 1. The first-order valence-electron chi connectivity index (χ1n) is 9.09. The van der Waals surface area contributed by atoms with Crippen LogP contribution in [0.5, 0.6) is 0 Å². The number of benzene rings is 1. The minimum absolute atomic E-state index is 0.0342. The van der Waals surface area contributed by atoms with Crippen molar-refractivity contribution in [3.8, 4) is 0 Å². The number of H-pyrrole nitrogens is 1. The number of fused-ring (bicyclic) bond motifs is 1. The summed E-state index contributed by atoms with van der Waals surface area (Å²) in [6, 6.07) is 8.54. The van der Waals surface area contributed by atoms with Gasteiger partial charge in [-0.25, -0.2) is 4.79 Å². The molecule has 1 saturated carbocycles. The second kappa shape index (κ2) is 6.85. The number of urea groups is 1. The van der Waals surface area contributed by atoms with Crippen LogP contribution in [0.1, 0.15) is 24.8 Å². The molecule has 3 N–H and O–H groups in total. The lowest BCUT2D eigenvalue weighted by Crippen LogP contribution is -2.44. The van der Waals surface area contributed by atoms with E-state index in [0.717, 1.165) is 37.4 Å². The molecule has 1 aromatic heterocycles. The molecular formula is C19H26N4O. The first-order chi connectivity index (χ1) is 11.8. The first-order valence-corrected chi connectivity index (χ1v) is 9.09. The van der Waals surface area contributed by atoms with E-state index in [2.05, 4.69) is 32.7 Å². The van der Waals surface area contributed by atoms with Gasteiger partial charge in [0.1, 0.15) is 0 Å². The van der Waals surface area contributed by atoms with Crippen LogP contribution in [-0.4, -0.2) is 48.1 Å². The largest absolute Gasteiger partial charge is 0.361 e. The fraction of sp³-hybridized carbons (Fsp3) is 0.526. The zero-order valence-electron chi connectivity index (χ0n) is 14.1. The van der Waals surface area contributed by atoms with Gasteiger partial charge in [-0.2, -0.15) is 0 Å². The SMILES string of the molecule is O=C(NCCc1c[nH]c2ccccc12)N[C@H]1CCN(CC2CC2)C1. The van der Waals surface area contributed by atoms with Gasteiger partial charge in [-0.05, 0) is 43.2 Å². The van der Waals surface area contributed by atoms with Crippen molar-refractivity contribution in [2.75, 3.05) is 26.2 Å². The number of para-hydroxylation sites is 1. The number of nitrogens with one attached hydrogen (secondary N) is 3. The number of hydrogen-bond acceptors (Lipinski definition) is 2. The van der Waals surface area contributed by atoms with E-state index in [1.54, 1.807) is 0 Å². The van der Waals surface area contributed by atoms with Crippen LogP contribution in [0.25, 0.3) is 10.9 Å². The molecule has 0 spiro atoms. The van der Waals surface area contributed by atoms with Crippen molar-refractivity contribution in [2.45, 2.75) is 31.7 Å². The molecule has 1 saturated heterocycles. The van der Waals surface area contributed by atoms with E-state index >= 15 is 0 Å². The van der Waals surface area contributed by atoms with Gasteiger partial charge >= 0.3 is 6.03 Å². The van der Waals surface area contributed by atoms with E-state index in [4.69, 9.17) is 0 Å². The van der Waals surface area contributed by atoms with Crippen LogP contribution >= 0.6 is 0 Å². The number of carbonyl (C=O) groups is 1. The highest BCUT2D eigenvalue weighted by Gasteiger charge is 2.29. The van der Waals surface area contributed by atoms with E-state index in [-0.39, 0.29) is 6.03 Å². The lowest BCUT2D eigenvalue weighted by molar-refractivity contribution is 0.236. The van der Waals surface area contributed by atoms with Gasteiger partial charge in [0.15, 0.2) is 0 Å². The number of rotatable bonds is 6. The van der Waals surface area contributed by atoms with Gasteiger partial charge in [-0.1, -0.05) is 18.2 Å². The Hall–Kier alpha value is -2.01. The van der Waals surface area contributed by atoms with Crippen molar-refractivity contribution in [3.05, 3.63) is 36.0 Å². The van der Waals surface area contributed by atoms with Gasteiger partial charge < -0.3 is 20.5 Å². The Labute approximate surface area is 142 Å². The maximum absolute atomic E-state index is 12.1. The quantitative estimate of drug-likeness (QED) is 0.764. The maximum atomic E-state index is 12.1. The maximum Gasteiger partial charge on any atom is 0.315 e. The van der Waals surface area contributed by atoms with Gasteiger partial charge in [0.2, 0.25) is 0 Å². The minimum atomic E-state index is -0.0342. The van der Waals surface area contributed by atoms with E-state index in [9.17, 15) is 4.79 Å². The summed E-state index contributed by atoms with van der Waals surface area (Å²) in [6.45, 7) is 4.01. The van der Waals surface area contributed by atoms with Gasteiger partial charge in [0.25, 0.3) is 0 Å². The van der Waals surface area contributed by atoms with Gasteiger partial charge in [0, 0.05) is 49.3 Å². The molecule has 1 atom stereocenters. The predicted octanol–water partition coefficient (Wildman–Crippen LogP) is 2.49. The molecule has 0 unspecified atom stereocenters. The third-order valence-electron chi connectivity index (χ3n) is 5.18. The first kappa shape index (κ1) is 15.5. The molecule has 2 amide bonds. The fourth-order valence-electron chi connectivity index (χ4n) is 3.67. The second-order valence-corrected chi connectivity index (χ2v) is 7.20. The van der Waals surface area contributed by atoms with Gasteiger partial charge in [-0.15, -0.1) is 0 Å². The van der Waals surface area contributed by atoms with Crippen molar-refractivity contribution < 1.29 is 4.79 Å². The molecule has 1 aliphatic heterocycles. The average Bonchev–Trinajstić information content (AvgIpc) is 3.13. The second-order valence-electron chi connectivity index (χ2n) is 7.20. The van der Waals surface area contributed by atoms with Crippen molar-refractivity contribution in [1.82, 2.24) is 20.5 Å². The van der Waals surface area contributed by atoms with Crippen molar-refractivity contribution in [2.24, 2.45) is 5.92 Å². The van der Waals surface area contributed by atoms with Crippen LogP contribution in [-0.2, 0) is 6.42 Å². The molecule has 2 aliphatic rings. The molecule has 2 heterocycles. The Kier molecular flexibility index (Phi) is 4.43. The van der Waals surface area contributed by atoms with Crippen LogP contribution in [0.3, 0.4) is 0 Å². The van der Waals surface area contributed by atoms with Crippen LogP contribution < -0.4 is 10.6 Å². The van der Waals surface area contributed by atoms with Crippen LogP contribution in [0.4, 0.5) is 4.79 Å². The zero-order chi connectivity index (χ0) is 16.4. The Morgan fingerprint density at radius 3 is 3.00 bits per heavy atom. The lowest BCUT2D eigenvalue weighted by Gasteiger charge is -2.16. The highest BCUT2D eigenvalue weighted by atomic mass is 16.2. The number of likely N-dealkylation sites (tertiary alicyclic amines) is 1. The summed E-state index contributed by atoms with van der Waals surface area (Å²) in [5.74, 6) is 0.925. The number of aromatic nitrogens is 1. The molecule has 4 rings (SSSR count). The van der Waals surface area contributed by atoms with E-state index in [1.165, 1.54) is 30.3 Å². The average molecular weight is 326 g/mol. The van der Waals surface area contributed by atoms with Crippen LogP contribution in [0.2, 0.25) is 0 Å². The highest BCUT2D eigenvalue weighted by molar-refractivity contribution is 5.83. The van der Waals surface area contributed by atoms with E-state index in [0.29, 0.717) is 12.6 Å². The normalized spacial score (nSPS) is 21.2. The molecule has 2 fully saturated rings. The van der Waals surface area contributed by atoms with Gasteiger partial charge in [0.05, 0.1) is 0 Å².